The summed E-state index contributed by atoms with van der Waals surface area (Å²) < 4.78 is 23.9. The van der Waals surface area contributed by atoms with Crippen LogP contribution in [-0.4, -0.2) is 12.5 Å². The summed E-state index contributed by atoms with van der Waals surface area (Å²) in [6, 6.07) is -0.873. The Morgan fingerprint density at radius 2 is 1.64 bits per heavy atom. The van der Waals surface area contributed by atoms with Crippen LogP contribution >= 0.6 is 12.4 Å². The van der Waals surface area contributed by atoms with Gasteiger partial charge in [0.1, 0.15) is 0 Å². The predicted molar refractivity (Wildman–Crippen MR) is 43.2 cm³/mol. The van der Waals surface area contributed by atoms with E-state index in [9.17, 15) is 8.78 Å². The van der Waals surface area contributed by atoms with Gasteiger partial charge in [-0.1, -0.05) is 12.8 Å². The standard InChI is InChI=1S/C7H13F2N.ClH/c8-7(9)6(10)5-3-1-2-4-5;/h5-7H,1-4,10H2;1H/t6-;/m0./s1. The quantitative estimate of drug-likeness (QED) is 0.701. The highest BCUT2D eigenvalue weighted by Gasteiger charge is 2.28. The van der Waals surface area contributed by atoms with Crippen molar-refractivity contribution < 1.29 is 8.78 Å². The third-order valence-corrected chi connectivity index (χ3v) is 2.24. The minimum Gasteiger partial charge on any atom is -0.323 e. The van der Waals surface area contributed by atoms with E-state index in [0.29, 0.717) is 0 Å². The predicted octanol–water partition coefficient (Wildman–Crippen LogP) is 2.19. The van der Waals surface area contributed by atoms with Crippen LogP contribution in [0.15, 0.2) is 0 Å². The maximum atomic E-state index is 12.0. The smallest absolute Gasteiger partial charge is 0.253 e. The second-order valence-electron chi connectivity index (χ2n) is 2.96. The minimum absolute atomic E-state index is 0. The lowest BCUT2D eigenvalue weighted by Gasteiger charge is -2.16. The minimum atomic E-state index is -2.33. The van der Waals surface area contributed by atoms with Gasteiger partial charge < -0.3 is 5.73 Å². The van der Waals surface area contributed by atoms with Gasteiger partial charge in [-0.25, -0.2) is 8.78 Å². The zero-order chi connectivity index (χ0) is 7.56. The van der Waals surface area contributed by atoms with Gasteiger partial charge in [-0.15, -0.1) is 12.4 Å². The summed E-state index contributed by atoms with van der Waals surface area (Å²) in [7, 11) is 0. The number of halogens is 3. The van der Waals surface area contributed by atoms with Crippen molar-refractivity contribution in [3.63, 3.8) is 0 Å². The Kier molecular flexibility index (Phi) is 4.93. The molecule has 0 bridgehead atoms. The number of rotatable bonds is 2. The monoisotopic (exact) mass is 185 g/mol. The van der Waals surface area contributed by atoms with E-state index in [1.54, 1.807) is 0 Å². The normalized spacial score (nSPS) is 21.8. The van der Waals surface area contributed by atoms with Crippen LogP contribution in [0.3, 0.4) is 0 Å². The summed E-state index contributed by atoms with van der Waals surface area (Å²) in [6.45, 7) is 0. The SMILES string of the molecule is Cl.N[C@H](C(F)F)C1CCCC1. The molecule has 0 saturated heterocycles. The van der Waals surface area contributed by atoms with Gasteiger partial charge in [0.2, 0.25) is 0 Å². The molecule has 0 aromatic carbocycles. The van der Waals surface area contributed by atoms with Gasteiger partial charge in [-0.05, 0) is 18.8 Å². The molecule has 0 amide bonds. The van der Waals surface area contributed by atoms with E-state index in [1.165, 1.54) is 0 Å². The van der Waals surface area contributed by atoms with Crippen molar-refractivity contribution in [2.24, 2.45) is 11.7 Å². The van der Waals surface area contributed by atoms with E-state index in [4.69, 9.17) is 5.73 Å². The summed E-state index contributed by atoms with van der Waals surface area (Å²) in [5.74, 6) is 0.0833. The highest BCUT2D eigenvalue weighted by molar-refractivity contribution is 5.85. The second-order valence-corrected chi connectivity index (χ2v) is 2.96. The molecule has 0 heterocycles. The zero-order valence-corrected chi connectivity index (χ0v) is 7.12. The van der Waals surface area contributed by atoms with Gasteiger partial charge in [0.15, 0.2) is 0 Å². The van der Waals surface area contributed by atoms with Crippen LogP contribution in [0.5, 0.6) is 0 Å². The maximum Gasteiger partial charge on any atom is 0.253 e. The average Bonchev–Trinajstić information content (AvgIpc) is 2.36. The van der Waals surface area contributed by atoms with Crippen molar-refractivity contribution in [2.45, 2.75) is 38.2 Å². The van der Waals surface area contributed by atoms with Gasteiger partial charge in [0.05, 0.1) is 6.04 Å². The van der Waals surface area contributed by atoms with Crippen molar-refractivity contribution in [1.29, 1.82) is 0 Å². The molecular weight excluding hydrogens is 172 g/mol. The summed E-state index contributed by atoms with van der Waals surface area (Å²) in [5.41, 5.74) is 5.27. The van der Waals surface area contributed by atoms with Gasteiger partial charge >= 0.3 is 0 Å². The van der Waals surface area contributed by atoms with Crippen LogP contribution in [0.4, 0.5) is 8.78 Å². The average molecular weight is 186 g/mol. The first kappa shape index (κ1) is 11.1. The topological polar surface area (TPSA) is 26.0 Å². The van der Waals surface area contributed by atoms with Gasteiger partial charge in [-0.2, -0.15) is 0 Å². The molecule has 0 aromatic heterocycles. The molecule has 0 unspecified atom stereocenters. The van der Waals surface area contributed by atoms with Crippen molar-refractivity contribution >= 4 is 12.4 Å². The van der Waals surface area contributed by atoms with Crippen molar-refractivity contribution in [1.82, 2.24) is 0 Å². The van der Waals surface area contributed by atoms with E-state index in [2.05, 4.69) is 0 Å². The summed E-state index contributed by atoms with van der Waals surface area (Å²) in [4.78, 5) is 0. The van der Waals surface area contributed by atoms with Crippen LogP contribution in [-0.2, 0) is 0 Å². The molecule has 0 aromatic rings. The first-order valence-corrected chi connectivity index (χ1v) is 3.75. The maximum absolute atomic E-state index is 12.0. The Labute approximate surface area is 71.7 Å². The Morgan fingerprint density at radius 1 is 1.18 bits per heavy atom. The molecular formula is C7H14ClF2N. The lowest BCUT2D eigenvalue weighted by Crippen LogP contribution is -2.35. The molecule has 1 nitrogen and oxygen atoms in total. The van der Waals surface area contributed by atoms with Crippen LogP contribution in [0.1, 0.15) is 25.7 Å². The van der Waals surface area contributed by atoms with Gasteiger partial charge in [0, 0.05) is 0 Å². The molecule has 11 heavy (non-hydrogen) atoms. The molecule has 1 saturated carbocycles. The molecule has 0 radical (unpaired) electrons. The Bertz CT molecular complexity index is 105. The first-order valence-electron chi connectivity index (χ1n) is 3.75. The Balaban J connectivity index is 0.000001000. The van der Waals surface area contributed by atoms with E-state index in [0.717, 1.165) is 25.7 Å². The molecule has 1 atom stereocenters. The largest absolute Gasteiger partial charge is 0.323 e. The van der Waals surface area contributed by atoms with E-state index < -0.39 is 12.5 Å². The van der Waals surface area contributed by atoms with Crippen LogP contribution in [0, 0.1) is 5.92 Å². The van der Waals surface area contributed by atoms with E-state index >= 15 is 0 Å². The first-order chi connectivity index (χ1) is 4.72. The lowest BCUT2D eigenvalue weighted by molar-refractivity contribution is 0.0897. The van der Waals surface area contributed by atoms with Crippen LogP contribution in [0.2, 0.25) is 0 Å². The molecule has 1 aliphatic carbocycles. The molecule has 2 N–H and O–H groups in total. The van der Waals surface area contributed by atoms with Gasteiger partial charge in [0.25, 0.3) is 6.43 Å². The fraction of sp³-hybridized carbons (Fsp3) is 1.00. The molecule has 1 fully saturated rings. The van der Waals surface area contributed by atoms with Crippen molar-refractivity contribution in [3.8, 4) is 0 Å². The molecule has 68 valence electrons. The molecule has 0 aliphatic heterocycles. The van der Waals surface area contributed by atoms with E-state index in [-0.39, 0.29) is 18.3 Å². The molecule has 4 heteroatoms. The molecule has 1 rings (SSSR count). The molecule has 1 aliphatic rings. The third kappa shape index (κ3) is 2.91. The summed E-state index contributed by atoms with van der Waals surface area (Å²) in [6.07, 6.45) is 1.61. The van der Waals surface area contributed by atoms with Crippen molar-refractivity contribution in [2.75, 3.05) is 0 Å². The number of nitrogens with two attached hydrogens (primary N) is 1. The zero-order valence-electron chi connectivity index (χ0n) is 6.30. The van der Waals surface area contributed by atoms with E-state index in [1.807, 2.05) is 0 Å². The van der Waals surface area contributed by atoms with Gasteiger partial charge in [-0.3, -0.25) is 0 Å². The number of hydrogen-bond donors (Lipinski definition) is 1. The summed E-state index contributed by atoms with van der Waals surface area (Å²) in [5, 5.41) is 0. The number of alkyl halides is 2. The fourth-order valence-electron chi connectivity index (χ4n) is 1.55. The van der Waals surface area contributed by atoms with Crippen molar-refractivity contribution in [3.05, 3.63) is 0 Å². The Morgan fingerprint density at radius 3 is 2.00 bits per heavy atom. The number of hydrogen-bond acceptors (Lipinski definition) is 1. The second kappa shape index (κ2) is 4.88. The van der Waals surface area contributed by atoms with Crippen LogP contribution in [0.25, 0.3) is 0 Å². The summed E-state index contributed by atoms with van der Waals surface area (Å²) >= 11 is 0. The highest BCUT2D eigenvalue weighted by atomic mass is 35.5. The molecule has 0 spiro atoms. The third-order valence-electron chi connectivity index (χ3n) is 2.24. The van der Waals surface area contributed by atoms with Crippen LogP contribution < -0.4 is 5.73 Å². The Hall–Kier alpha value is 0.110. The lowest BCUT2D eigenvalue weighted by atomic mass is 10.00. The fourth-order valence-corrected chi connectivity index (χ4v) is 1.55. The highest BCUT2D eigenvalue weighted by Crippen LogP contribution is 2.28.